The van der Waals surface area contributed by atoms with Gasteiger partial charge in [0.2, 0.25) is 0 Å². The minimum absolute atomic E-state index is 0.169. The molecule has 0 bridgehead atoms. The smallest absolute Gasteiger partial charge is 0.115 e. The maximum Gasteiger partial charge on any atom is 0.115 e. The lowest BCUT2D eigenvalue weighted by atomic mass is 10.3. The number of hydrogen-bond donors (Lipinski definition) is 2. The summed E-state index contributed by atoms with van der Waals surface area (Å²) in [7, 11) is 0. The molecule has 0 spiro atoms. The zero-order valence-electron chi connectivity index (χ0n) is 7.41. The predicted molar refractivity (Wildman–Crippen MR) is 51.8 cm³/mol. The van der Waals surface area contributed by atoms with Crippen LogP contribution in [0.5, 0.6) is 11.5 Å². The van der Waals surface area contributed by atoms with E-state index in [-0.39, 0.29) is 11.5 Å². The van der Waals surface area contributed by atoms with Crippen molar-refractivity contribution >= 4 is 0 Å². The molecule has 4 nitrogen and oxygen atoms in total. The van der Waals surface area contributed by atoms with Gasteiger partial charge in [0.25, 0.3) is 0 Å². The number of aromatic hydroxyl groups is 2. The highest BCUT2D eigenvalue weighted by Gasteiger charge is 1.84. The summed E-state index contributed by atoms with van der Waals surface area (Å²) in [5.74, 6) is 0.339. The van der Waals surface area contributed by atoms with E-state index in [1.165, 1.54) is 30.6 Å². The minimum atomic E-state index is 0.169. The molecule has 0 unspecified atom stereocenters. The van der Waals surface area contributed by atoms with Gasteiger partial charge in [-0.1, -0.05) is 0 Å². The Morgan fingerprint density at radius 3 is 1.43 bits per heavy atom. The van der Waals surface area contributed by atoms with Crippen molar-refractivity contribution in [3.63, 3.8) is 0 Å². The second-order valence-corrected chi connectivity index (χ2v) is 2.42. The minimum Gasteiger partial charge on any atom is -0.508 e. The van der Waals surface area contributed by atoms with E-state index in [0.29, 0.717) is 0 Å². The van der Waals surface area contributed by atoms with Crippen molar-refractivity contribution in [3.05, 3.63) is 49.1 Å². The zero-order valence-corrected chi connectivity index (χ0v) is 7.41. The van der Waals surface area contributed by atoms with Crippen LogP contribution in [0.15, 0.2) is 49.1 Å². The van der Waals surface area contributed by atoms with Gasteiger partial charge in [0.15, 0.2) is 0 Å². The third-order valence-corrected chi connectivity index (χ3v) is 1.33. The molecular formula is C10H10N2O2. The number of phenolic OH excluding ortho intramolecular Hbond substituents is 2. The van der Waals surface area contributed by atoms with Crippen LogP contribution in [0.2, 0.25) is 0 Å². The van der Waals surface area contributed by atoms with Gasteiger partial charge in [0.05, 0.1) is 0 Å². The molecule has 2 aromatic rings. The van der Waals surface area contributed by atoms with E-state index < -0.39 is 0 Å². The number of hydrogen-bond acceptors (Lipinski definition) is 4. The lowest BCUT2D eigenvalue weighted by molar-refractivity contribution is 0.460. The van der Waals surface area contributed by atoms with Gasteiger partial charge in [-0.3, -0.25) is 0 Å². The maximum atomic E-state index is 8.65. The third-order valence-electron chi connectivity index (χ3n) is 1.33. The first-order valence-corrected chi connectivity index (χ1v) is 3.97. The molecule has 0 amide bonds. The van der Waals surface area contributed by atoms with E-state index in [9.17, 15) is 0 Å². The molecule has 2 N–H and O–H groups in total. The van der Waals surface area contributed by atoms with Gasteiger partial charge in [-0.05, 0) is 30.3 Å². The number of rotatable bonds is 0. The first-order valence-electron chi connectivity index (χ1n) is 3.97. The predicted octanol–water partition coefficient (Wildman–Crippen LogP) is 1.57. The van der Waals surface area contributed by atoms with Crippen LogP contribution in [0.4, 0.5) is 0 Å². The van der Waals surface area contributed by atoms with E-state index in [1.54, 1.807) is 18.5 Å². The Kier molecular flexibility index (Phi) is 3.94. The lowest BCUT2D eigenvalue weighted by Gasteiger charge is -1.88. The molecule has 72 valence electrons. The summed E-state index contributed by atoms with van der Waals surface area (Å²) in [6.07, 6.45) is 4.88. The molecular weight excluding hydrogens is 180 g/mol. The van der Waals surface area contributed by atoms with Crippen LogP contribution >= 0.6 is 0 Å². The highest BCUT2D eigenvalue weighted by Crippen LogP contribution is 2.13. The Bertz CT molecular complexity index is 301. The number of nitrogens with zero attached hydrogens (tertiary/aromatic N) is 2. The van der Waals surface area contributed by atoms with Crippen LogP contribution < -0.4 is 0 Å². The standard InChI is InChI=1S/C6H6O2.C4H4N2/c7-5-1-2-6(8)4-3-5;1-2-5-4-6-3-1/h1-4,7-8H;1-4H. The Labute approximate surface area is 81.5 Å². The fourth-order valence-electron chi connectivity index (χ4n) is 0.706. The van der Waals surface area contributed by atoms with Gasteiger partial charge in [0, 0.05) is 12.4 Å². The van der Waals surface area contributed by atoms with Crippen molar-refractivity contribution in [1.82, 2.24) is 9.97 Å². The first-order chi connectivity index (χ1) is 6.79. The zero-order chi connectivity index (χ0) is 10.2. The SMILES string of the molecule is Oc1ccc(O)cc1.c1cncnc1. The van der Waals surface area contributed by atoms with Crippen LogP contribution in [0.1, 0.15) is 0 Å². The highest BCUT2D eigenvalue weighted by molar-refractivity contribution is 5.28. The molecule has 14 heavy (non-hydrogen) atoms. The lowest BCUT2D eigenvalue weighted by Crippen LogP contribution is -1.66. The Balaban J connectivity index is 0.000000146. The van der Waals surface area contributed by atoms with Gasteiger partial charge >= 0.3 is 0 Å². The molecule has 0 aliphatic heterocycles. The van der Waals surface area contributed by atoms with Crippen LogP contribution in [-0.2, 0) is 0 Å². The average Bonchev–Trinajstić information content (AvgIpc) is 2.26. The summed E-state index contributed by atoms with van der Waals surface area (Å²) in [4.78, 5) is 7.35. The van der Waals surface area contributed by atoms with Crippen LogP contribution in [0.25, 0.3) is 0 Å². The molecule has 1 aromatic carbocycles. The third kappa shape index (κ3) is 4.06. The van der Waals surface area contributed by atoms with Gasteiger partial charge < -0.3 is 10.2 Å². The van der Waals surface area contributed by atoms with E-state index in [4.69, 9.17) is 10.2 Å². The molecule has 0 aliphatic rings. The molecule has 0 fully saturated rings. The molecule has 0 saturated carbocycles. The average molecular weight is 190 g/mol. The Morgan fingerprint density at radius 1 is 0.786 bits per heavy atom. The van der Waals surface area contributed by atoms with Gasteiger partial charge in [-0.25, -0.2) is 9.97 Å². The van der Waals surface area contributed by atoms with E-state index in [0.717, 1.165) is 0 Å². The summed E-state index contributed by atoms with van der Waals surface area (Å²) >= 11 is 0. The van der Waals surface area contributed by atoms with E-state index in [1.807, 2.05) is 0 Å². The van der Waals surface area contributed by atoms with Crippen LogP contribution in [-0.4, -0.2) is 20.2 Å². The second kappa shape index (κ2) is 5.53. The maximum absolute atomic E-state index is 8.65. The van der Waals surface area contributed by atoms with Gasteiger partial charge in [0.1, 0.15) is 17.8 Å². The Morgan fingerprint density at radius 2 is 1.21 bits per heavy atom. The summed E-state index contributed by atoms with van der Waals surface area (Å²) < 4.78 is 0. The van der Waals surface area contributed by atoms with E-state index in [2.05, 4.69) is 9.97 Å². The van der Waals surface area contributed by atoms with Gasteiger partial charge in [-0.15, -0.1) is 0 Å². The highest BCUT2D eigenvalue weighted by atomic mass is 16.3. The van der Waals surface area contributed by atoms with Crippen LogP contribution in [0.3, 0.4) is 0 Å². The summed E-state index contributed by atoms with van der Waals surface area (Å²) in [5, 5.41) is 17.3. The van der Waals surface area contributed by atoms with Crippen molar-refractivity contribution in [1.29, 1.82) is 0 Å². The number of phenols is 2. The monoisotopic (exact) mass is 190 g/mol. The fraction of sp³-hybridized carbons (Fsp3) is 0. The molecule has 1 heterocycles. The molecule has 0 radical (unpaired) electrons. The van der Waals surface area contributed by atoms with Crippen LogP contribution in [0, 0.1) is 0 Å². The largest absolute Gasteiger partial charge is 0.508 e. The summed E-state index contributed by atoms with van der Waals surface area (Å²) in [5.41, 5.74) is 0. The quantitative estimate of drug-likeness (QED) is 0.619. The van der Waals surface area contributed by atoms with Crippen molar-refractivity contribution in [3.8, 4) is 11.5 Å². The number of benzene rings is 1. The second-order valence-electron chi connectivity index (χ2n) is 2.42. The topological polar surface area (TPSA) is 66.2 Å². The van der Waals surface area contributed by atoms with Crippen molar-refractivity contribution in [2.24, 2.45) is 0 Å². The molecule has 4 heteroatoms. The molecule has 0 aliphatic carbocycles. The van der Waals surface area contributed by atoms with Crippen molar-refractivity contribution in [2.45, 2.75) is 0 Å². The molecule has 0 saturated heterocycles. The molecule has 0 atom stereocenters. The van der Waals surface area contributed by atoms with Crippen molar-refractivity contribution < 1.29 is 10.2 Å². The molecule has 2 rings (SSSR count). The van der Waals surface area contributed by atoms with E-state index >= 15 is 0 Å². The fourth-order valence-corrected chi connectivity index (χ4v) is 0.706. The number of aromatic nitrogens is 2. The summed E-state index contributed by atoms with van der Waals surface area (Å²) in [6.45, 7) is 0. The Hall–Kier alpha value is -2.10. The van der Waals surface area contributed by atoms with Gasteiger partial charge in [-0.2, -0.15) is 0 Å². The first kappa shape index (κ1) is 9.98. The normalized spacial score (nSPS) is 8.57. The summed E-state index contributed by atoms with van der Waals surface area (Å²) in [6, 6.07) is 7.48. The van der Waals surface area contributed by atoms with Crippen molar-refractivity contribution in [2.75, 3.05) is 0 Å². The molecule has 1 aromatic heterocycles.